The van der Waals surface area contributed by atoms with Crippen molar-refractivity contribution >= 4 is 17.7 Å². The van der Waals surface area contributed by atoms with E-state index in [9.17, 15) is 0 Å². The number of guanidine groups is 1. The minimum absolute atomic E-state index is 0.171. The van der Waals surface area contributed by atoms with Crippen molar-refractivity contribution in [3.8, 4) is 0 Å². The fourth-order valence-corrected chi connectivity index (χ4v) is 4.49. The predicted molar refractivity (Wildman–Crippen MR) is 101 cm³/mol. The highest BCUT2D eigenvalue weighted by Gasteiger charge is 2.35. The zero-order valence-corrected chi connectivity index (χ0v) is 16.0. The molecule has 0 amide bonds. The van der Waals surface area contributed by atoms with Crippen LogP contribution in [0.1, 0.15) is 38.5 Å². The van der Waals surface area contributed by atoms with Crippen LogP contribution in [0.3, 0.4) is 0 Å². The molecule has 134 valence electrons. The Hall–Kier alpha value is -0.460. The number of rotatable bonds is 5. The van der Waals surface area contributed by atoms with Gasteiger partial charge in [0.05, 0.1) is 0 Å². The van der Waals surface area contributed by atoms with Gasteiger partial charge in [-0.3, -0.25) is 4.99 Å². The van der Waals surface area contributed by atoms with Gasteiger partial charge in [-0.05, 0) is 52.5 Å². The van der Waals surface area contributed by atoms with Gasteiger partial charge in [-0.25, -0.2) is 0 Å². The molecular weight excluding hydrogens is 308 g/mol. The molecule has 6 heteroatoms. The first-order valence-electron chi connectivity index (χ1n) is 8.85. The standard InChI is InChI=1S/C17H34N4OS/c1-18-16(20-14-6-5-7-15(12-14)23-4)19-13-17(21(2)3)8-10-22-11-9-17/h14-15H,5-13H2,1-4H3,(H2,18,19,20). The third kappa shape index (κ3) is 5.26. The second-order valence-corrected chi connectivity index (χ2v) is 8.16. The van der Waals surface area contributed by atoms with Gasteiger partial charge >= 0.3 is 0 Å². The third-order valence-electron chi connectivity index (χ3n) is 5.48. The van der Waals surface area contributed by atoms with Crippen molar-refractivity contribution in [3.05, 3.63) is 0 Å². The molecule has 1 aliphatic heterocycles. The quantitative estimate of drug-likeness (QED) is 0.591. The van der Waals surface area contributed by atoms with Crippen molar-refractivity contribution < 1.29 is 4.74 Å². The Morgan fingerprint density at radius 3 is 2.65 bits per heavy atom. The van der Waals surface area contributed by atoms with E-state index in [1.807, 2.05) is 18.8 Å². The molecule has 2 atom stereocenters. The summed E-state index contributed by atoms with van der Waals surface area (Å²) in [5.74, 6) is 0.949. The van der Waals surface area contributed by atoms with E-state index in [0.717, 1.165) is 43.8 Å². The fourth-order valence-electron chi connectivity index (χ4n) is 3.66. The number of aliphatic imine (C=N–C) groups is 1. The Morgan fingerprint density at radius 1 is 1.30 bits per heavy atom. The minimum atomic E-state index is 0.171. The van der Waals surface area contributed by atoms with Gasteiger partial charge in [0, 0.05) is 43.6 Å². The maximum absolute atomic E-state index is 5.55. The Kier molecular flexibility index (Phi) is 7.50. The van der Waals surface area contributed by atoms with Gasteiger partial charge in [-0.15, -0.1) is 0 Å². The lowest BCUT2D eigenvalue weighted by Crippen LogP contribution is -2.57. The molecule has 0 bridgehead atoms. The number of hydrogen-bond acceptors (Lipinski definition) is 4. The lowest BCUT2D eigenvalue weighted by Gasteiger charge is -2.43. The van der Waals surface area contributed by atoms with Crippen LogP contribution in [0.2, 0.25) is 0 Å². The summed E-state index contributed by atoms with van der Waals surface area (Å²) >= 11 is 2.00. The van der Waals surface area contributed by atoms with Crippen molar-refractivity contribution in [2.24, 2.45) is 4.99 Å². The van der Waals surface area contributed by atoms with E-state index >= 15 is 0 Å². The topological polar surface area (TPSA) is 48.9 Å². The molecule has 0 radical (unpaired) electrons. The molecule has 23 heavy (non-hydrogen) atoms. The van der Waals surface area contributed by atoms with Crippen LogP contribution in [0.15, 0.2) is 4.99 Å². The van der Waals surface area contributed by atoms with E-state index in [-0.39, 0.29) is 5.54 Å². The average molecular weight is 343 g/mol. The number of ether oxygens (including phenoxy) is 1. The molecule has 2 rings (SSSR count). The summed E-state index contributed by atoms with van der Waals surface area (Å²) in [7, 11) is 6.22. The molecule has 2 fully saturated rings. The van der Waals surface area contributed by atoms with Crippen molar-refractivity contribution in [1.82, 2.24) is 15.5 Å². The van der Waals surface area contributed by atoms with Gasteiger partial charge in [0.25, 0.3) is 0 Å². The number of nitrogens with one attached hydrogen (secondary N) is 2. The first kappa shape index (κ1) is 18.9. The number of hydrogen-bond donors (Lipinski definition) is 2. The summed E-state index contributed by atoms with van der Waals surface area (Å²) in [6.07, 6.45) is 9.54. The molecule has 2 aliphatic rings. The average Bonchev–Trinajstić information content (AvgIpc) is 2.59. The van der Waals surface area contributed by atoms with Crippen LogP contribution in [0.4, 0.5) is 0 Å². The Morgan fingerprint density at radius 2 is 2.04 bits per heavy atom. The highest BCUT2D eigenvalue weighted by molar-refractivity contribution is 7.99. The fraction of sp³-hybridized carbons (Fsp3) is 0.941. The Labute approximate surface area is 146 Å². The molecule has 2 unspecified atom stereocenters. The van der Waals surface area contributed by atoms with Gasteiger partial charge in [-0.1, -0.05) is 6.42 Å². The minimum Gasteiger partial charge on any atom is -0.381 e. The summed E-state index contributed by atoms with van der Waals surface area (Å²) in [5.41, 5.74) is 0.171. The van der Waals surface area contributed by atoms with E-state index in [2.05, 4.69) is 40.9 Å². The Bertz CT molecular complexity index is 383. The van der Waals surface area contributed by atoms with Crippen molar-refractivity contribution in [2.45, 2.75) is 55.4 Å². The van der Waals surface area contributed by atoms with Gasteiger partial charge in [0.1, 0.15) is 0 Å². The van der Waals surface area contributed by atoms with Crippen LogP contribution < -0.4 is 10.6 Å². The predicted octanol–water partition coefficient (Wildman–Crippen LogP) is 1.94. The van der Waals surface area contributed by atoms with Gasteiger partial charge < -0.3 is 20.3 Å². The van der Waals surface area contributed by atoms with Gasteiger partial charge in [0.2, 0.25) is 0 Å². The SMILES string of the molecule is CN=C(NCC1(N(C)C)CCOCC1)NC1CCCC(SC)C1. The summed E-state index contributed by atoms with van der Waals surface area (Å²) in [5, 5.41) is 8.01. The third-order valence-corrected chi connectivity index (χ3v) is 6.58. The molecule has 0 aromatic carbocycles. The lowest BCUT2D eigenvalue weighted by atomic mass is 9.88. The molecule has 1 heterocycles. The second-order valence-electron chi connectivity index (χ2n) is 7.02. The highest BCUT2D eigenvalue weighted by Crippen LogP contribution is 2.27. The molecule has 1 saturated heterocycles. The summed E-state index contributed by atoms with van der Waals surface area (Å²) in [6, 6.07) is 0.553. The van der Waals surface area contributed by atoms with Crippen LogP contribution in [0, 0.1) is 0 Å². The largest absolute Gasteiger partial charge is 0.381 e. The van der Waals surface area contributed by atoms with Crippen molar-refractivity contribution in [1.29, 1.82) is 0 Å². The normalized spacial score (nSPS) is 28.7. The number of thioether (sulfide) groups is 1. The molecule has 5 nitrogen and oxygen atoms in total. The first-order valence-corrected chi connectivity index (χ1v) is 10.1. The highest BCUT2D eigenvalue weighted by atomic mass is 32.2. The molecular formula is C17H34N4OS. The lowest BCUT2D eigenvalue weighted by molar-refractivity contribution is -0.00503. The summed E-state index contributed by atoms with van der Waals surface area (Å²) in [4.78, 5) is 6.79. The smallest absolute Gasteiger partial charge is 0.191 e. The maximum Gasteiger partial charge on any atom is 0.191 e. The van der Waals surface area contributed by atoms with Crippen LogP contribution in [-0.2, 0) is 4.74 Å². The van der Waals surface area contributed by atoms with E-state index in [1.54, 1.807) is 0 Å². The van der Waals surface area contributed by atoms with E-state index in [1.165, 1.54) is 25.7 Å². The number of nitrogens with zero attached hydrogens (tertiary/aromatic N) is 2. The van der Waals surface area contributed by atoms with Crippen LogP contribution in [-0.4, -0.2) is 74.8 Å². The van der Waals surface area contributed by atoms with Gasteiger partial charge in [-0.2, -0.15) is 11.8 Å². The molecule has 0 spiro atoms. The van der Waals surface area contributed by atoms with Crippen molar-refractivity contribution in [2.75, 3.05) is 47.2 Å². The van der Waals surface area contributed by atoms with E-state index in [0.29, 0.717) is 6.04 Å². The molecule has 0 aromatic heterocycles. The summed E-state index contributed by atoms with van der Waals surface area (Å²) in [6.45, 7) is 2.62. The molecule has 2 N–H and O–H groups in total. The summed E-state index contributed by atoms with van der Waals surface area (Å²) < 4.78 is 5.55. The van der Waals surface area contributed by atoms with Crippen LogP contribution in [0.5, 0.6) is 0 Å². The van der Waals surface area contributed by atoms with Gasteiger partial charge in [0.15, 0.2) is 5.96 Å². The molecule has 0 aromatic rings. The zero-order chi connectivity index (χ0) is 16.7. The molecule has 1 aliphatic carbocycles. The zero-order valence-electron chi connectivity index (χ0n) is 15.2. The number of likely N-dealkylation sites (N-methyl/N-ethyl adjacent to an activating group) is 1. The Balaban J connectivity index is 1.86. The monoisotopic (exact) mass is 342 g/mol. The van der Waals surface area contributed by atoms with Crippen LogP contribution in [0.25, 0.3) is 0 Å². The second kappa shape index (κ2) is 9.14. The first-order chi connectivity index (χ1) is 11.1. The van der Waals surface area contributed by atoms with E-state index < -0.39 is 0 Å². The molecule has 1 saturated carbocycles. The van der Waals surface area contributed by atoms with Crippen molar-refractivity contribution in [3.63, 3.8) is 0 Å². The maximum atomic E-state index is 5.55. The van der Waals surface area contributed by atoms with Crippen LogP contribution >= 0.6 is 11.8 Å². The van der Waals surface area contributed by atoms with E-state index in [4.69, 9.17) is 4.74 Å².